The Morgan fingerprint density at radius 2 is 1.81 bits per heavy atom. The first-order valence-corrected chi connectivity index (χ1v) is 9.25. The van der Waals surface area contributed by atoms with Crippen LogP contribution in [0.4, 0.5) is 0 Å². The maximum atomic E-state index is 4.77. The van der Waals surface area contributed by atoms with Gasteiger partial charge in [0.1, 0.15) is 12.4 Å². The molecular formula is C20H28IN5. The number of unbranched alkanes of at least 4 members (excludes halogenated alkanes) is 4. The summed E-state index contributed by atoms with van der Waals surface area (Å²) in [6.07, 6.45) is 12.8. The molecule has 0 spiro atoms. The molecule has 140 valence electrons. The molecule has 0 fully saturated rings. The van der Waals surface area contributed by atoms with Crippen molar-refractivity contribution in [1.29, 1.82) is 0 Å². The van der Waals surface area contributed by atoms with Crippen LogP contribution >= 0.6 is 0 Å². The molecule has 0 aliphatic heterocycles. The summed E-state index contributed by atoms with van der Waals surface area (Å²) in [4.78, 5) is 4.77. The summed E-state index contributed by atoms with van der Waals surface area (Å²) >= 11 is 0. The van der Waals surface area contributed by atoms with Gasteiger partial charge in [0.15, 0.2) is 5.82 Å². The Hall–Kier alpha value is -1.70. The van der Waals surface area contributed by atoms with Gasteiger partial charge in [-0.25, -0.2) is 9.25 Å². The zero-order chi connectivity index (χ0) is 17.6. The number of rotatable bonds is 8. The first-order valence-electron chi connectivity index (χ1n) is 9.25. The lowest BCUT2D eigenvalue weighted by molar-refractivity contribution is -0.696. The third-order valence-corrected chi connectivity index (χ3v) is 4.42. The normalized spacial score (nSPS) is 10.7. The maximum absolute atomic E-state index is 4.77. The lowest BCUT2D eigenvalue weighted by Crippen LogP contribution is -3.00. The van der Waals surface area contributed by atoms with Gasteiger partial charge in [0.25, 0.3) is 0 Å². The standard InChI is InChI=1S/C20H28N5.HI/c1-4-5-6-7-8-12-23-13-14-24(16-23)19-10-9-11-20(21-19)25-18(3)15-17(2)22-25;/h9-11,13-16H,4-8,12H2,1-3H3;1H/q+1;/p-1. The third kappa shape index (κ3) is 5.16. The summed E-state index contributed by atoms with van der Waals surface area (Å²) in [7, 11) is 0. The highest BCUT2D eigenvalue weighted by atomic mass is 127. The van der Waals surface area contributed by atoms with Gasteiger partial charge in [-0.2, -0.15) is 14.6 Å². The summed E-state index contributed by atoms with van der Waals surface area (Å²) in [5.74, 6) is 1.76. The molecule has 0 saturated heterocycles. The highest BCUT2D eigenvalue weighted by molar-refractivity contribution is 5.32. The number of aryl methyl sites for hydroxylation is 3. The van der Waals surface area contributed by atoms with E-state index in [4.69, 9.17) is 4.98 Å². The highest BCUT2D eigenvalue weighted by Gasteiger charge is 2.11. The molecular weight excluding hydrogens is 437 g/mol. The Morgan fingerprint density at radius 1 is 1.04 bits per heavy atom. The van der Waals surface area contributed by atoms with Crippen molar-refractivity contribution >= 4 is 0 Å². The first kappa shape index (κ1) is 20.6. The van der Waals surface area contributed by atoms with Crippen LogP contribution in [0.25, 0.3) is 11.6 Å². The van der Waals surface area contributed by atoms with Crippen LogP contribution in [0, 0.1) is 13.8 Å². The zero-order valence-electron chi connectivity index (χ0n) is 15.9. The highest BCUT2D eigenvalue weighted by Crippen LogP contribution is 2.12. The third-order valence-electron chi connectivity index (χ3n) is 4.42. The Bertz CT molecular complexity index is 821. The monoisotopic (exact) mass is 465 g/mol. The molecule has 26 heavy (non-hydrogen) atoms. The summed E-state index contributed by atoms with van der Waals surface area (Å²) in [6, 6.07) is 8.12. The van der Waals surface area contributed by atoms with E-state index in [1.54, 1.807) is 0 Å². The minimum absolute atomic E-state index is 0. The molecule has 6 heteroatoms. The number of pyridine rings is 1. The van der Waals surface area contributed by atoms with E-state index < -0.39 is 0 Å². The van der Waals surface area contributed by atoms with E-state index in [0.717, 1.165) is 29.6 Å². The molecule has 3 heterocycles. The van der Waals surface area contributed by atoms with E-state index >= 15 is 0 Å². The molecule has 3 aromatic rings. The first-order chi connectivity index (χ1) is 12.2. The number of imidazole rings is 1. The number of halogens is 1. The number of hydrogen-bond acceptors (Lipinski definition) is 2. The van der Waals surface area contributed by atoms with Gasteiger partial charge in [-0.15, -0.1) is 0 Å². The Balaban J connectivity index is 0.00000243. The molecule has 0 saturated carbocycles. The van der Waals surface area contributed by atoms with Gasteiger partial charge >= 0.3 is 0 Å². The average Bonchev–Trinajstić information content (AvgIpc) is 3.21. The quantitative estimate of drug-likeness (QED) is 0.282. The van der Waals surface area contributed by atoms with Crippen LogP contribution in [-0.4, -0.2) is 19.3 Å². The van der Waals surface area contributed by atoms with Crippen molar-refractivity contribution in [3.05, 3.63) is 54.4 Å². The Labute approximate surface area is 173 Å². The van der Waals surface area contributed by atoms with E-state index in [-0.39, 0.29) is 24.0 Å². The summed E-state index contributed by atoms with van der Waals surface area (Å²) < 4.78 is 6.20. The maximum Gasteiger partial charge on any atom is 0.250 e. The molecule has 0 aliphatic rings. The molecule has 0 unspecified atom stereocenters. The van der Waals surface area contributed by atoms with Crippen molar-refractivity contribution in [3.63, 3.8) is 0 Å². The van der Waals surface area contributed by atoms with Crippen LogP contribution < -0.4 is 28.5 Å². The molecule has 3 rings (SSSR count). The van der Waals surface area contributed by atoms with Crippen molar-refractivity contribution in [3.8, 4) is 11.6 Å². The van der Waals surface area contributed by atoms with Crippen LogP contribution in [-0.2, 0) is 6.54 Å². The SMILES string of the molecule is CCCCCCC[n+]1ccn(-c2cccc(-n3nc(C)cc3C)n2)c1.[I-]. The predicted molar refractivity (Wildman–Crippen MR) is 99.1 cm³/mol. The minimum Gasteiger partial charge on any atom is -1.00 e. The number of hydrogen-bond donors (Lipinski definition) is 0. The van der Waals surface area contributed by atoms with Crippen molar-refractivity contribution < 1.29 is 28.5 Å². The fourth-order valence-corrected chi connectivity index (χ4v) is 3.09. The van der Waals surface area contributed by atoms with Gasteiger partial charge in [-0.05, 0) is 38.8 Å². The van der Waals surface area contributed by atoms with Gasteiger partial charge in [0.05, 0.1) is 12.2 Å². The molecule has 0 radical (unpaired) electrons. The van der Waals surface area contributed by atoms with Gasteiger partial charge in [0.2, 0.25) is 12.1 Å². The molecule has 0 aliphatic carbocycles. The smallest absolute Gasteiger partial charge is 0.250 e. The van der Waals surface area contributed by atoms with Crippen LogP contribution in [0.5, 0.6) is 0 Å². The second-order valence-electron chi connectivity index (χ2n) is 6.67. The molecule has 0 amide bonds. The molecule has 0 bridgehead atoms. The van der Waals surface area contributed by atoms with Crippen LogP contribution in [0.3, 0.4) is 0 Å². The van der Waals surface area contributed by atoms with Crippen LogP contribution in [0.1, 0.15) is 50.4 Å². The molecule has 5 nitrogen and oxygen atoms in total. The van der Waals surface area contributed by atoms with E-state index in [9.17, 15) is 0 Å². The lowest BCUT2D eigenvalue weighted by Gasteiger charge is -2.04. The van der Waals surface area contributed by atoms with Crippen molar-refractivity contribution in [2.24, 2.45) is 0 Å². The summed E-state index contributed by atoms with van der Waals surface area (Å²) in [6.45, 7) is 7.37. The molecule has 0 atom stereocenters. The van der Waals surface area contributed by atoms with Gasteiger partial charge in [-0.1, -0.05) is 32.3 Å². The van der Waals surface area contributed by atoms with Crippen LogP contribution in [0.15, 0.2) is 43.0 Å². The summed E-state index contributed by atoms with van der Waals surface area (Å²) in [5, 5.41) is 4.53. The topological polar surface area (TPSA) is 39.5 Å². The largest absolute Gasteiger partial charge is 1.00 e. The number of nitrogens with zero attached hydrogens (tertiary/aromatic N) is 5. The van der Waals surface area contributed by atoms with Crippen molar-refractivity contribution in [2.75, 3.05) is 0 Å². The Kier molecular flexibility index (Phi) is 7.81. The van der Waals surface area contributed by atoms with E-state index in [1.807, 2.05) is 29.8 Å². The minimum atomic E-state index is 0. The Morgan fingerprint density at radius 3 is 2.54 bits per heavy atom. The molecule has 0 N–H and O–H groups in total. The lowest BCUT2D eigenvalue weighted by atomic mass is 10.1. The van der Waals surface area contributed by atoms with E-state index in [2.05, 4.69) is 52.9 Å². The van der Waals surface area contributed by atoms with Crippen molar-refractivity contribution in [2.45, 2.75) is 59.4 Å². The number of aromatic nitrogens is 5. The van der Waals surface area contributed by atoms with E-state index in [0.29, 0.717) is 0 Å². The predicted octanol–water partition coefficient (Wildman–Crippen LogP) is 0.937. The fraction of sp³-hybridized carbons (Fsp3) is 0.450. The summed E-state index contributed by atoms with van der Waals surface area (Å²) in [5.41, 5.74) is 2.10. The molecule has 3 aromatic heterocycles. The second-order valence-corrected chi connectivity index (χ2v) is 6.67. The van der Waals surface area contributed by atoms with Gasteiger partial charge < -0.3 is 24.0 Å². The van der Waals surface area contributed by atoms with Crippen molar-refractivity contribution in [1.82, 2.24) is 19.3 Å². The van der Waals surface area contributed by atoms with Gasteiger partial charge in [0, 0.05) is 11.8 Å². The fourth-order valence-electron chi connectivity index (χ4n) is 3.09. The zero-order valence-corrected chi connectivity index (χ0v) is 18.1. The van der Waals surface area contributed by atoms with E-state index in [1.165, 1.54) is 32.1 Å². The van der Waals surface area contributed by atoms with Crippen LogP contribution in [0.2, 0.25) is 0 Å². The van der Waals surface area contributed by atoms with Gasteiger partial charge in [-0.3, -0.25) is 0 Å². The average molecular weight is 465 g/mol. The molecule has 0 aromatic carbocycles. The second kappa shape index (κ2) is 9.85.